The van der Waals surface area contributed by atoms with Gasteiger partial charge in [-0.25, -0.2) is 17.8 Å². The maximum Gasteiger partial charge on any atom is 0.332 e. The Morgan fingerprint density at radius 3 is 2.44 bits per heavy atom. The first kappa shape index (κ1) is 23.3. The number of aromatic nitrogens is 2. The zero-order chi connectivity index (χ0) is 24.3. The van der Waals surface area contributed by atoms with Crippen molar-refractivity contribution in [1.29, 1.82) is 0 Å². The molecule has 10 heteroatoms. The van der Waals surface area contributed by atoms with Crippen molar-refractivity contribution in [3.63, 3.8) is 0 Å². The van der Waals surface area contributed by atoms with Crippen LogP contribution in [0, 0.1) is 0 Å². The molecule has 34 heavy (non-hydrogen) atoms. The molecule has 0 bridgehead atoms. The van der Waals surface area contributed by atoms with E-state index in [4.69, 9.17) is 4.74 Å². The number of H-pyrrole nitrogens is 1. The molecule has 0 aliphatic heterocycles. The maximum absolute atomic E-state index is 12.5. The van der Waals surface area contributed by atoms with Gasteiger partial charge in [-0.2, -0.15) is 11.3 Å². The van der Waals surface area contributed by atoms with Gasteiger partial charge in [-0.1, -0.05) is 24.3 Å². The number of hydrogen-bond acceptors (Lipinski definition) is 6. The second kappa shape index (κ2) is 9.54. The quantitative estimate of drug-likeness (QED) is 0.379. The van der Waals surface area contributed by atoms with Gasteiger partial charge in [-0.05, 0) is 52.2 Å². The highest BCUT2D eigenvalue weighted by Gasteiger charge is 2.15. The van der Waals surface area contributed by atoms with Crippen molar-refractivity contribution >= 4 is 39.2 Å². The number of anilines is 1. The van der Waals surface area contributed by atoms with Crippen LogP contribution in [-0.2, 0) is 10.0 Å². The third-order valence-corrected chi connectivity index (χ3v) is 6.21. The molecule has 4 aromatic rings. The van der Waals surface area contributed by atoms with E-state index in [2.05, 4.69) is 9.71 Å². The van der Waals surface area contributed by atoms with Gasteiger partial charge < -0.3 is 9.72 Å². The lowest BCUT2D eigenvalue weighted by Gasteiger charge is -2.14. The fourth-order valence-corrected chi connectivity index (χ4v) is 4.70. The Kier molecular flexibility index (Phi) is 6.53. The van der Waals surface area contributed by atoms with E-state index in [0.29, 0.717) is 22.7 Å². The van der Waals surface area contributed by atoms with Crippen molar-refractivity contribution in [3.05, 3.63) is 97.5 Å². The first-order chi connectivity index (χ1) is 16.2. The Morgan fingerprint density at radius 1 is 1.06 bits per heavy atom. The molecule has 2 aromatic carbocycles. The minimum atomic E-state index is -3.36. The molecule has 8 nitrogen and oxygen atoms in total. The average Bonchev–Trinajstić information content (AvgIpc) is 3.32. The molecule has 2 aromatic heterocycles. The van der Waals surface area contributed by atoms with Crippen molar-refractivity contribution in [2.45, 2.75) is 0 Å². The van der Waals surface area contributed by atoms with Crippen LogP contribution in [0.4, 0.5) is 5.69 Å². The smallest absolute Gasteiger partial charge is 0.332 e. The van der Waals surface area contributed by atoms with Crippen molar-refractivity contribution < 1.29 is 13.2 Å². The van der Waals surface area contributed by atoms with Gasteiger partial charge in [0.05, 0.1) is 19.1 Å². The third-order valence-electron chi connectivity index (χ3n) is 4.92. The van der Waals surface area contributed by atoms with Crippen molar-refractivity contribution in [1.82, 2.24) is 9.55 Å². The van der Waals surface area contributed by atoms with E-state index in [0.717, 1.165) is 27.5 Å². The molecule has 0 aliphatic carbocycles. The lowest BCUT2D eigenvalue weighted by molar-refractivity contribution is 0.415. The van der Waals surface area contributed by atoms with Crippen LogP contribution in [0.5, 0.6) is 5.75 Å². The predicted molar refractivity (Wildman–Crippen MR) is 136 cm³/mol. The van der Waals surface area contributed by atoms with Crippen LogP contribution in [0.1, 0.15) is 11.1 Å². The van der Waals surface area contributed by atoms with Gasteiger partial charge in [0.25, 0.3) is 5.56 Å². The van der Waals surface area contributed by atoms with Crippen LogP contribution in [0.3, 0.4) is 0 Å². The number of nitrogens with zero attached hydrogens (tertiary/aromatic N) is 1. The largest absolute Gasteiger partial charge is 0.495 e. The number of aromatic amines is 1. The summed E-state index contributed by atoms with van der Waals surface area (Å²) in [5.41, 5.74) is 2.99. The standard InChI is InChI=1S/C24H21N3O5S2/c1-32-23-17(6-3-16-4-7-19(8-5-16)26-34(2,30)31)13-20(14-21(23)18-10-12-33-15-18)27-22(28)9-11-25-24(27)29/h3-15,26H,1-2H3,(H,25,29)/b6-3+. The number of benzene rings is 2. The second-order valence-electron chi connectivity index (χ2n) is 7.41. The van der Waals surface area contributed by atoms with Crippen molar-refractivity contribution in [3.8, 4) is 22.6 Å². The molecule has 174 valence electrons. The molecule has 0 fully saturated rings. The van der Waals surface area contributed by atoms with Crippen LogP contribution in [0.15, 0.2) is 75.1 Å². The fraction of sp³-hybridized carbons (Fsp3) is 0.0833. The van der Waals surface area contributed by atoms with Crippen molar-refractivity contribution in [2.24, 2.45) is 0 Å². The van der Waals surface area contributed by atoms with E-state index in [1.165, 1.54) is 23.6 Å². The van der Waals surface area contributed by atoms with E-state index >= 15 is 0 Å². The van der Waals surface area contributed by atoms with Gasteiger partial charge in [-0.15, -0.1) is 0 Å². The number of methoxy groups -OCH3 is 1. The summed E-state index contributed by atoms with van der Waals surface area (Å²) in [5.74, 6) is 0.592. The summed E-state index contributed by atoms with van der Waals surface area (Å²) in [6.45, 7) is 0. The van der Waals surface area contributed by atoms with Crippen LogP contribution in [0.25, 0.3) is 29.0 Å². The van der Waals surface area contributed by atoms with Gasteiger partial charge in [-0.3, -0.25) is 9.52 Å². The molecule has 2 N–H and O–H groups in total. The van der Waals surface area contributed by atoms with Crippen LogP contribution < -0.4 is 20.7 Å². The van der Waals surface area contributed by atoms with Crippen molar-refractivity contribution in [2.75, 3.05) is 18.1 Å². The summed E-state index contributed by atoms with van der Waals surface area (Å²) in [6, 6.07) is 13.5. The summed E-state index contributed by atoms with van der Waals surface area (Å²) < 4.78 is 32.0. The molecule has 4 rings (SSSR count). The molecular weight excluding hydrogens is 474 g/mol. The third kappa shape index (κ3) is 5.19. The summed E-state index contributed by atoms with van der Waals surface area (Å²) in [5, 5.41) is 3.89. The number of nitrogens with one attached hydrogen (secondary N) is 2. The first-order valence-corrected chi connectivity index (χ1v) is 12.9. The second-order valence-corrected chi connectivity index (χ2v) is 9.94. The summed E-state index contributed by atoms with van der Waals surface area (Å²) in [7, 11) is -1.79. The fourth-order valence-electron chi connectivity index (χ4n) is 3.48. The van der Waals surface area contributed by atoms with Gasteiger partial charge >= 0.3 is 5.69 Å². The Hall–Kier alpha value is -3.89. The number of ether oxygens (including phenoxy) is 1. The summed E-state index contributed by atoms with van der Waals surface area (Å²) in [4.78, 5) is 27.4. The lowest BCUT2D eigenvalue weighted by atomic mass is 10.0. The molecule has 0 saturated carbocycles. The van der Waals surface area contributed by atoms with Crippen LogP contribution >= 0.6 is 11.3 Å². The molecule has 0 radical (unpaired) electrons. The van der Waals surface area contributed by atoms with E-state index in [1.807, 2.05) is 29.0 Å². The number of rotatable bonds is 7. The predicted octanol–water partition coefficient (Wildman–Crippen LogP) is 3.80. The van der Waals surface area contributed by atoms with Crippen LogP contribution in [0.2, 0.25) is 0 Å². The monoisotopic (exact) mass is 495 g/mol. The molecular formula is C24H21N3O5S2. The van der Waals surface area contributed by atoms with E-state index < -0.39 is 21.3 Å². The molecule has 0 aliphatic rings. The molecule has 0 atom stereocenters. The average molecular weight is 496 g/mol. The normalized spacial score (nSPS) is 11.6. The SMILES string of the molecule is COc1c(/C=C/c2ccc(NS(C)(=O)=O)cc2)cc(-n2c(=O)cc[nH]c2=O)cc1-c1ccsc1. The molecule has 0 spiro atoms. The first-order valence-electron chi connectivity index (χ1n) is 10.1. The van der Waals surface area contributed by atoms with E-state index in [1.54, 1.807) is 43.5 Å². The Morgan fingerprint density at radius 2 is 1.82 bits per heavy atom. The number of thiophene rings is 1. The minimum Gasteiger partial charge on any atom is -0.495 e. The van der Waals surface area contributed by atoms with E-state index in [9.17, 15) is 18.0 Å². The summed E-state index contributed by atoms with van der Waals surface area (Å²) >= 11 is 1.52. The Balaban J connectivity index is 1.82. The lowest BCUT2D eigenvalue weighted by Crippen LogP contribution is -2.32. The zero-order valence-corrected chi connectivity index (χ0v) is 19.9. The highest BCUT2D eigenvalue weighted by Crippen LogP contribution is 2.37. The topological polar surface area (TPSA) is 110 Å². The van der Waals surface area contributed by atoms with Gasteiger partial charge in [0.15, 0.2) is 0 Å². The highest BCUT2D eigenvalue weighted by atomic mass is 32.2. The minimum absolute atomic E-state index is 0.404. The van der Waals surface area contributed by atoms with Gasteiger partial charge in [0.1, 0.15) is 5.75 Å². The highest BCUT2D eigenvalue weighted by molar-refractivity contribution is 7.92. The van der Waals surface area contributed by atoms with Gasteiger partial charge in [0, 0.05) is 29.1 Å². The Bertz CT molecular complexity index is 1540. The molecule has 0 amide bonds. The molecule has 2 heterocycles. The van der Waals surface area contributed by atoms with Gasteiger partial charge in [0.2, 0.25) is 10.0 Å². The number of sulfonamides is 1. The maximum atomic E-state index is 12.5. The Labute approximate surface area is 199 Å². The van der Waals surface area contributed by atoms with Crippen LogP contribution in [-0.4, -0.2) is 31.3 Å². The zero-order valence-electron chi connectivity index (χ0n) is 18.3. The molecule has 0 unspecified atom stereocenters. The van der Waals surface area contributed by atoms with E-state index in [-0.39, 0.29) is 0 Å². The molecule has 0 saturated heterocycles. The number of hydrogen-bond donors (Lipinski definition) is 2. The summed E-state index contributed by atoms with van der Waals surface area (Å²) in [6.07, 6.45) is 6.06.